The van der Waals surface area contributed by atoms with Gasteiger partial charge in [0.25, 0.3) is 5.89 Å². The van der Waals surface area contributed by atoms with E-state index in [2.05, 4.69) is 10.1 Å². The second kappa shape index (κ2) is 5.66. The molecule has 106 valence electrons. The molecular weight excluding hydrogens is 266 g/mol. The Morgan fingerprint density at radius 2 is 1.95 bits per heavy atom. The molecule has 0 saturated heterocycles. The third kappa shape index (κ3) is 3.02. The molecule has 3 rings (SSSR count). The first-order valence-corrected chi connectivity index (χ1v) is 6.59. The van der Waals surface area contributed by atoms with E-state index in [9.17, 15) is 0 Å². The quantitative estimate of drug-likeness (QED) is 0.743. The van der Waals surface area contributed by atoms with Crippen molar-refractivity contribution in [1.82, 2.24) is 10.1 Å². The third-order valence-electron chi connectivity index (χ3n) is 3.02. The zero-order valence-electron chi connectivity index (χ0n) is 11.6. The average Bonchev–Trinajstić information content (AvgIpc) is 2.97. The Balaban J connectivity index is 1.76. The van der Waals surface area contributed by atoms with Gasteiger partial charge >= 0.3 is 0 Å². The topological polar surface area (TPSA) is 74.2 Å². The van der Waals surface area contributed by atoms with E-state index in [1.54, 1.807) is 0 Å². The Bertz CT molecular complexity index is 738. The predicted molar refractivity (Wildman–Crippen MR) is 79.7 cm³/mol. The zero-order chi connectivity index (χ0) is 14.7. The standard InChI is InChI=1S/C16H15N3O2/c1-11-7-8-14(17)13(9-11)16-18-15(19-21-16)10-20-12-5-3-2-4-6-12/h2-9H,10,17H2,1H3. The summed E-state index contributed by atoms with van der Waals surface area (Å²) < 4.78 is 10.8. The van der Waals surface area contributed by atoms with E-state index in [1.165, 1.54) is 0 Å². The molecule has 0 radical (unpaired) electrons. The Hall–Kier alpha value is -2.82. The minimum absolute atomic E-state index is 0.249. The molecule has 0 atom stereocenters. The molecular formula is C16H15N3O2. The molecule has 0 aliphatic heterocycles. The maximum Gasteiger partial charge on any atom is 0.260 e. The molecule has 0 bridgehead atoms. The van der Waals surface area contributed by atoms with Gasteiger partial charge in [0.15, 0.2) is 6.61 Å². The van der Waals surface area contributed by atoms with Gasteiger partial charge in [-0.25, -0.2) is 0 Å². The molecule has 0 aliphatic rings. The van der Waals surface area contributed by atoms with E-state index in [0.29, 0.717) is 17.4 Å². The van der Waals surface area contributed by atoms with Gasteiger partial charge in [0.1, 0.15) is 5.75 Å². The van der Waals surface area contributed by atoms with Crippen molar-refractivity contribution in [3.63, 3.8) is 0 Å². The fourth-order valence-electron chi connectivity index (χ4n) is 1.94. The number of nitrogen functional groups attached to an aromatic ring is 1. The highest BCUT2D eigenvalue weighted by atomic mass is 16.5. The van der Waals surface area contributed by atoms with Crippen LogP contribution in [-0.2, 0) is 6.61 Å². The Labute approximate surface area is 122 Å². The van der Waals surface area contributed by atoms with Gasteiger partial charge in [-0.2, -0.15) is 4.98 Å². The highest BCUT2D eigenvalue weighted by Gasteiger charge is 2.12. The van der Waals surface area contributed by atoms with Crippen LogP contribution in [-0.4, -0.2) is 10.1 Å². The molecule has 2 N–H and O–H groups in total. The van der Waals surface area contributed by atoms with Crippen LogP contribution < -0.4 is 10.5 Å². The van der Waals surface area contributed by atoms with E-state index in [4.69, 9.17) is 15.0 Å². The number of hydrogen-bond donors (Lipinski definition) is 1. The Kier molecular flexibility index (Phi) is 3.55. The lowest BCUT2D eigenvalue weighted by molar-refractivity contribution is 0.287. The lowest BCUT2D eigenvalue weighted by Crippen LogP contribution is -1.97. The maximum absolute atomic E-state index is 5.94. The van der Waals surface area contributed by atoms with Gasteiger partial charge in [0.2, 0.25) is 5.82 Å². The number of hydrogen-bond acceptors (Lipinski definition) is 5. The van der Waals surface area contributed by atoms with E-state index < -0.39 is 0 Å². The molecule has 5 heteroatoms. The van der Waals surface area contributed by atoms with Crippen LogP contribution in [0.2, 0.25) is 0 Å². The Morgan fingerprint density at radius 3 is 2.76 bits per heavy atom. The van der Waals surface area contributed by atoms with Gasteiger partial charge in [0, 0.05) is 5.69 Å². The molecule has 0 aliphatic carbocycles. The lowest BCUT2D eigenvalue weighted by atomic mass is 10.1. The molecule has 0 spiro atoms. The summed E-state index contributed by atoms with van der Waals surface area (Å²) in [5, 5.41) is 3.91. The second-order valence-corrected chi connectivity index (χ2v) is 4.71. The fourth-order valence-corrected chi connectivity index (χ4v) is 1.94. The number of anilines is 1. The van der Waals surface area contributed by atoms with Gasteiger partial charge in [-0.1, -0.05) is 35.0 Å². The average molecular weight is 281 g/mol. The molecule has 21 heavy (non-hydrogen) atoms. The summed E-state index contributed by atoms with van der Waals surface area (Å²) in [6, 6.07) is 15.2. The summed E-state index contributed by atoms with van der Waals surface area (Å²) in [5.41, 5.74) is 8.37. The van der Waals surface area contributed by atoms with Crippen molar-refractivity contribution in [2.24, 2.45) is 0 Å². The number of rotatable bonds is 4. The summed E-state index contributed by atoms with van der Waals surface area (Å²) in [4.78, 5) is 4.31. The number of ether oxygens (including phenoxy) is 1. The van der Waals surface area contributed by atoms with Gasteiger partial charge < -0.3 is 15.0 Å². The maximum atomic E-state index is 5.94. The van der Waals surface area contributed by atoms with Crippen molar-refractivity contribution >= 4 is 5.69 Å². The number of benzene rings is 2. The fraction of sp³-hybridized carbons (Fsp3) is 0.125. The monoisotopic (exact) mass is 281 g/mol. The summed E-state index contributed by atoms with van der Waals surface area (Å²) in [6.45, 7) is 2.23. The first kappa shape index (κ1) is 13.2. The Morgan fingerprint density at radius 1 is 1.14 bits per heavy atom. The SMILES string of the molecule is Cc1ccc(N)c(-c2nc(COc3ccccc3)no2)c1. The largest absolute Gasteiger partial charge is 0.485 e. The molecule has 3 aromatic rings. The second-order valence-electron chi connectivity index (χ2n) is 4.71. The van der Waals surface area contributed by atoms with Gasteiger partial charge in [-0.3, -0.25) is 0 Å². The summed E-state index contributed by atoms with van der Waals surface area (Å²) in [6.07, 6.45) is 0. The van der Waals surface area contributed by atoms with Crippen LogP contribution in [0.1, 0.15) is 11.4 Å². The molecule has 0 unspecified atom stereocenters. The van der Waals surface area contributed by atoms with E-state index in [-0.39, 0.29) is 6.61 Å². The van der Waals surface area contributed by atoms with E-state index >= 15 is 0 Å². The van der Waals surface area contributed by atoms with Crippen molar-refractivity contribution in [3.05, 3.63) is 59.9 Å². The van der Waals surface area contributed by atoms with E-state index in [1.807, 2.05) is 55.5 Å². The first-order valence-electron chi connectivity index (χ1n) is 6.59. The van der Waals surface area contributed by atoms with Crippen LogP contribution in [0.4, 0.5) is 5.69 Å². The lowest BCUT2D eigenvalue weighted by Gasteiger charge is -2.02. The van der Waals surface area contributed by atoms with Gasteiger partial charge in [0.05, 0.1) is 5.56 Å². The smallest absolute Gasteiger partial charge is 0.260 e. The number of para-hydroxylation sites is 1. The van der Waals surface area contributed by atoms with Crippen molar-refractivity contribution in [2.75, 3.05) is 5.73 Å². The third-order valence-corrected chi connectivity index (χ3v) is 3.02. The summed E-state index contributed by atoms with van der Waals surface area (Å²) in [7, 11) is 0. The molecule has 0 saturated carbocycles. The molecule has 0 fully saturated rings. The van der Waals surface area contributed by atoms with Crippen molar-refractivity contribution in [1.29, 1.82) is 0 Å². The summed E-state index contributed by atoms with van der Waals surface area (Å²) >= 11 is 0. The normalized spacial score (nSPS) is 10.5. The van der Waals surface area contributed by atoms with Gasteiger partial charge in [-0.15, -0.1) is 0 Å². The number of nitrogens with two attached hydrogens (primary N) is 1. The van der Waals surface area contributed by atoms with Crippen LogP contribution in [0.5, 0.6) is 5.75 Å². The van der Waals surface area contributed by atoms with Crippen LogP contribution in [0, 0.1) is 6.92 Å². The van der Waals surface area contributed by atoms with Crippen LogP contribution in [0.15, 0.2) is 53.1 Å². The van der Waals surface area contributed by atoms with Crippen LogP contribution in [0.3, 0.4) is 0 Å². The predicted octanol–water partition coefficient (Wildman–Crippen LogP) is 3.21. The number of aromatic nitrogens is 2. The van der Waals surface area contributed by atoms with Crippen LogP contribution in [0.25, 0.3) is 11.5 Å². The van der Waals surface area contributed by atoms with E-state index in [0.717, 1.165) is 16.9 Å². The zero-order valence-corrected chi connectivity index (χ0v) is 11.6. The number of aryl methyl sites for hydroxylation is 1. The van der Waals surface area contributed by atoms with Gasteiger partial charge in [-0.05, 0) is 31.2 Å². The van der Waals surface area contributed by atoms with Crippen molar-refractivity contribution in [2.45, 2.75) is 13.5 Å². The highest BCUT2D eigenvalue weighted by Crippen LogP contribution is 2.25. The van der Waals surface area contributed by atoms with Crippen molar-refractivity contribution in [3.8, 4) is 17.2 Å². The highest BCUT2D eigenvalue weighted by molar-refractivity contribution is 5.70. The first-order chi connectivity index (χ1) is 10.2. The molecule has 5 nitrogen and oxygen atoms in total. The minimum atomic E-state index is 0.249. The van der Waals surface area contributed by atoms with Crippen LogP contribution >= 0.6 is 0 Å². The number of nitrogens with zero attached hydrogens (tertiary/aromatic N) is 2. The minimum Gasteiger partial charge on any atom is -0.485 e. The summed E-state index contributed by atoms with van der Waals surface area (Å²) in [5.74, 6) is 1.65. The molecule has 1 heterocycles. The van der Waals surface area contributed by atoms with Crippen molar-refractivity contribution < 1.29 is 9.26 Å². The molecule has 2 aromatic carbocycles. The molecule has 0 amide bonds. The molecule has 1 aromatic heterocycles.